The van der Waals surface area contributed by atoms with Crippen molar-refractivity contribution in [3.8, 4) is 0 Å². The van der Waals surface area contributed by atoms with Crippen LogP contribution in [0.1, 0.15) is 64.1 Å². The Bertz CT molecular complexity index is 870. The number of benzene rings is 2. The molecule has 1 unspecified atom stereocenters. The molecule has 140 valence electrons. The van der Waals surface area contributed by atoms with Crippen LogP contribution in [0.3, 0.4) is 0 Å². The molecule has 0 fully saturated rings. The molecule has 0 bridgehead atoms. The van der Waals surface area contributed by atoms with Gasteiger partial charge >= 0.3 is 0 Å². The van der Waals surface area contributed by atoms with Gasteiger partial charge in [0.25, 0.3) is 5.56 Å². The summed E-state index contributed by atoms with van der Waals surface area (Å²) in [7, 11) is 0. The maximum Gasteiger partial charge on any atom is 0.251 e. The molecule has 0 radical (unpaired) electrons. The van der Waals surface area contributed by atoms with Gasteiger partial charge in [0.05, 0.1) is 0 Å². The van der Waals surface area contributed by atoms with Crippen LogP contribution >= 0.6 is 0 Å². The number of nitrogens with one attached hydrogen (secondary N) is 1. The van der Waals surface area contributed by atoms with E-state index in [9.17, 15) is 4.79 Å². The van der Waals surface area contributed by atoms with E-state index >= 15 is 0 Å². The second-order valence-electron chi connectivity index (χ2n) is 6.64. The van der Waals surface area contributed by atoms with Gasteiger partial charge in [-0.05, 0) is 66.8 Å². The third-order valence-electron chi connectivity index (χ3n) is 4.79. The van der Waals surface area contributed by atoms with Crippen LogP contribution in [0.25, 0.3) is 10.9 Å². The Morgan fingerprint density at radius 2 is 1.73 bits per heavy atom. The summed E-state index contributed by atoms with van der Waals surface area (Å²) in [4.78, 5) is 14.7. The molecule has 2 nitrogen and oxygen atoms in total. The number of pyridine rings is 1. The molecule has 0 aliphatic rings. The number of aryl methyl sites for hydroxylation is 2. The molecule has 1 heterocycles. The Kier molecular flexibility index (Phi) is 7.65. The van der Waals surface area contributed by atoms with E-state index in [0.29, 0.717) is 5.92 Å². The van der Waals surface area contributed by atoms with E-state index in [-0.39, 0.29) is 6.99 Å². The van der Waals surface area contributed by atoms with Gasteiger partial charge in [-0.15, -0.1) is 0 Å². The minimum Gasteiger partial charge on any atom is -0.322 e. The maximum absolute atomic E-state index is 11.8. The van der Waals surface area contributed by atoms with Crippen LogP contribution in [0.4, 0.5) is 0 Å². The lowest BCUT2D eigenvalue weighted by Crippen LogP contribution is -2.09. The van der Waals surface area contributed by atoms with E-state index in [4.69, 9.17) is 0 Å². The predicted octanol–water partition coefficient (Wildman–Crippen LogP) is 6.63. The SMILES string of the molecule is CC.CCCC(CCc1ccccc1)c1ccc2[nH]c(=O)c(C)cc2c1.[HH]. The van der Waals surface area contributed by atoms with Gasteiger partial charge in [0.15, 0.2) is 0 Å². The zero-order valence-electron chi connectivity index (χ0n) is 16.5. The Morgan fingerprint density at radius 3 is 2.42 bits per heavy atom. The van der Waals surface area contributed by atoms with E-state index in [0.717, 1.165) is 29.3 Å². The van der Waals surface area contributed by atoms with Gasteiger partial charge in [-0.2, -0.15) is 0 Å². The molecule has 2 aromatic carbocycles. The molecule has 1 atom stereocenters. The Hall–Kier alpha value is -2.35. The largest absolute Gasteiger partial charge is 0.322 e. The maximum atomic E-state index is 11.8. The summed E-state index contributed by atoms with van der Waals surface area (Å²) in [6.45, 7) is 8.11. The quantitative estimate of drug-likeness (QED) is 0.531. The Balaban J connectivity index is 0.00000118. The van der Waals surface area contributed by atoms with Crippen molar-refractivity contribution < 1.29 is 1.43 Å². The number of rotatable bonds is 6. The summed E-state index contributed by atoms with van der Waals surface area (Å²) in [5.41, 5.74) is 4.49. The van der Waals surface area contributed by atoms with Crippen molar-refractivity contribution in [1.29, 1.82) is 0 Å². The molecular weight excluding hydrogens is 318 g/mol. The molecule has 0 aliphatic carbocycles. The minimum atomic E-state index is 0. The third kappa shape index (κ3) is 5.08. The van der Waals surface area contributed by atoms with Gasteiger partial charge in [0.2, 0.25) is 0 Å². The van der Waals surface area contributed by atoms with Crippen molar-refractivity contribution in [2.75, 3.05) is 0 Å². The van der Waals surface area contributed by atoms with E-state index in [1.165, 1.54) is 24.0 Å². The first-order valence-corrected chi connectivity index (χ1v) is 9.85. The molecule has 0 saturated carbocycles. The monoisotopic (exact) mass is 351 g/mol. The lowest BCUT2D eigenvalue weighted by atomic mass is 9.88. The minimum absolute atomic E-state index is 0. The fourth-order valence-corrected chi connectivity index (χ4v) is 3.40. The van der Waals surface area contributed by atoms with Crippen molar-refractivity contribution in [3.05, 3.63) is 81.6 Å². The van der Waals surface area contributed by atoms with Crippen molar-refractivity contribution in [2.45, 2.75) is 59.3 Å². The van der Waals surface area contributed by atoms with Crippen LogP contribution in [0.2, 0.25) is 0 Å². The van der Waals surface area contributed by atoms with Gasteiger partial charge in [-0.1, -0.05) is 63.6 Å². The highest BCUT2D eigenvalue weighted by atomic mass is 16.1. The van der Waals surface area contributed by atoms with Crippen molar-refractivity contribution >= 4 is 10.9 Å². The summed E-state index contributed by atoms with van der Waals surface area (Å²) in [5, 5.41) is 1.13. The van der Waals surface area contributed by atoms with Crippen LogP contribution < -0.4 is 5.56 Å². The van der Waals surface area contributed by atoms with Crippen molar-refractivity contribution in [3.63, 3.8) is 0 Å². The van der Waals surface area contributed by atoms with Gasteiger partial charge in [0.1, 0.15) is 0 Å². The molecular formula is C24H33NO. The normalized spacial score (nSPS) is 11.7. The highest BCUT2D eigenvalue weighted by Gasteiger charge is 2.12. The smallest absolute Gasteiger partial charge is 0.251 e. The van der Waals surface area contributed by atoms with E-state index in [1.807, 2.05) is 26.8 Å². The van der Waals surface area contributed by atoms with Crippen LogP contribution in [0.15, 0.2) is 59.4 Å². The molecule has 1 N–H and O–H groups in total. The second kappa shape index (κ2) is 9.96. The van der Waals surface area contributed by atoms with Gasteiger partial charge < -0.3 is 4.98 Å². The van der Waals surface area contributed by atoms with Crippen molar-refractivity contribution in [2.24, 2.45) is 0 Å². The first-order valence-electron chi connectivity index (χ1n) is 9.85. The van der Waals surface area contributed by atoms with Crippen LogP contribution in [-0.4, -0.2) is 4.98 Å². The Labute approximate surface area is 158 Å². The van der Waals surface area contributed by atoms with Crippen molar-refractivity contribution in [1.82, 2.24) is 4.98 Å². The molecule has 26 heavy (non-hydrogen) atoms. The first kappa shape index (κ1) is 20.0. The zero-order chi connectivity index (χ0) is 18.9. The molecule has 2 heteroatoms. The fraction of sp³-hybridized carbons (Fsp3) is 0.375. The number of aromatic amines is 1. The van der Waals surface area contributed by atoms with E-state index in [1.54, 1.807) is 0 Å². The zero-order valence-corrected chi connectivity index (χ0v) is 16.5. The topological polar surface area (TPSA) is 32.9 Å². The highest BCUT2D eigenvalue weighted by Crippen LogP contribution is 2.28. The fourth-order valence-electron chi connectivity index (χ4n) is 3.40. The summed E-state index contributed by atoms with van der Waals surface area (Å²) in [6, 6.07) is 19.2. The van der Waals surface area contributed by atoms with Crippen LogP contribution in [0.5, 0.6) is 0 Å². The van der Waals surface area contributed by atoms with Crippen LogP contribution in [-0.2, 0) is 6.42 Å². The lowest BCUT2D eigenvalue weighted by Gasteiger charge is -2.17. The number of hydrogen-bond donors (Lipinski definition) is 1. The average molecular weight is 352 g/mol. The molecule has 3 rings (SSSR count). The first-order chi connectivity index (χ1) is 12.7. The summed E-state index contributed by atoms with van der Waals surface area (Å²) in [6.07, 6.45) is 4.64. The van der Waals surface area contributed by atoms with Gasteiger partial charge in [-0.25, -0.2) is 0 Å². The number of aromatic nitrogens is 1. The van der Waals surface area contributed by atoms with E-state index in [2.05, 4.69) is 60.4 Å². The van der Waals surface area contributed by atoms with E-state index < -0.39 is 0 Å². The van der Waals surface area contributed by atoms with Gasteiger partial charge in [0, 0.05) is 12.5 Å². The highest BCUT2D eigenvalue weighted by molar-refractivity contribution is 5.79. The molecule has 1 aromatic heterocycles. The third-order valence-corrected chi connectivity index (χ3v) is 4.79. The van der Waals surface area contributed by atoms with Crippen LogP contribution in [0, 0.1) is 6.92 Å². The summed E-state index contributed by atoms with van der Waals surface area (Å²) in [5.74, 6) is 0.562. The molecule has 0 aliphatic heterocycles. The molecule has 0 saturated heterocycles. The summed E-state index contributed by atoms with van der Waals surface area (Å²) >= 11 is 0. The average Bonchev–Trinajstić information content (AvgIpc) is 2.68. The number of hydrogen-bond acceptors (Lipinski definition) is 1. The second-order valence-corrected chi connectivity index (χ2v) is 6.64. The number of fused-ring (bicyclic) bond motifs is 1. The molecule has 0 amide bonds. The number of H-pyrrole nitrogens is 1. The standard InChI is InChI=1S/C22H25NO.C2H6.H2/c1-3-7-18(11-10-17-8-5-4-6-9-17)19-12-13-21-20(15-19)14-16(2)22(24)23-21;1-2;/h4-6,8-9,12-15,18H,3,7,10-11H2,1-2H3,(H,23,24);1-2H3;1H. The lowest BCUT2D eigenvalue weighted by molar-refractivity contribution is 0.569. The Morgan fingerprint density at radius 1 is 1.00 bits per heavy atom. The molecule has 0 spiro atoms. The summed E-state index contributed by atoms with van der Waals surface area (Å²) < 4.78 is 0. The predicted molar refractivity (Wildman–Crippen MR) is 115 cm³/mol. The molecule has 3 aromatic rings. The van der Waals surface area contributed by atoms with Gasteiger partial charge in [-0.3, -0.25) is 4.79 Å².